The van der Waals surface area contributed by atoms with Gasteiger partial charge < -0.3 is 14.4 Å². The standard InChI is InChI=1S/C43H59N3O3/c1-28-15-18-43(37(47)49-27-30-11-9-8-10-12-30)20-19-41(6)32(35(43)29(28)2)13-14-34-40(5)25-31-26-44-38(46-21-23-48-24-22-46)45-36(31)39(3,4)33(40)16-17-42(34,41)7/h8-13,26,28-29,33-35H,14-25,27H2,1-7H3/t28-,29+,33+,34-,35+,40+,41-,42-,43+/m1/s1. The van der Waals surface area contributed by atoms with Crippen molar-refractivity contribution in [2.45, 2.75) is 112 Å². The fourth-order valence-corrected chi connectivity index (χ4v) is 13.1. The second-order valence-corrected chi connectivity index (χ2v) is 18.4. The van der Waals surface area contributed by atoms with E-state index in [-0.39, 0.29) is 33.5 Å². The molecule has 6 heteroatoms. The summed E-state index contributed by atoms with van der Waals surface area (Å²) in [7, 11) is 0. The van der Waals surface area contributed by atoms with Crippen LogP contribution in [0.25, 0.3) is 0 Å². The van der Waals surface area contributed by atoms with E-state index < -0.39 is 5.41 Å². The van der Waals surface area contributed by atoms with Gasteiger partial charge in [0.25, 0.3) is 0 Å². The number of allylic oxidation sites excluding steroid dienone is 2. The van der Waals surface area contributed by atoms with Gasteiger partial charge in [0.15, 0.2) is 0 Å². The van der Waals surface area contributed by atoms with E-state index in [9.17, 15) is 4.79 Å². The Balaban J connectivity index is 1.14. The molecule has 6 nitrogen and oxygen atoms in total. The smallest absolute Gasteiger partial charge is 0.313 e. The van der Waals surface area contributed by atoms with Gasteiger partial charge in [0.05, 0.1) is 24.3 Å². The zero-order valence-corrected chi connectivity index (χ0v) is 31.2. The van der Waals surface area contributed by atoms with Crippen molar-refractivity contribution in [3.63, 3.8) is 0 Å². The minimum Gasteiger partial charge on any atom is -0.460 e. The normalized spacial score (nSPS) is 40.8. The highest BCUT2D eigenvalue weighted by molar-refractivity contribution is 5.79. The number of esters is 1. The van der Waals surface area contributed by atoms with Crippen molar-refractivity contribution in [2.75, 3.05) is 31.2 Å². The minimum atomic E-state index is -0.419. The molecule has 1 aromatic heterocycles. The number of ether oxygens (including phenoxy) is 2. The van der Waals surface area contributed by atoms with Crippen LogP contribution in [0.1, 0.15) is 110 Å². The maximum absolute atomic E-state index is 14.4. The van der Waals surface area contributed by atoms with E-state index >= 15 is 0 Å². The third-order valence-corrected chi connectivity index (χ3v) is 16.1. The number of morpholine rings is 1. The van der Waals surface area contributed by atoms with E-state index in [0.29, 0.717) is 30.3 Å². The first-order valence-electron chi connectivity index (χ1n) is 19.5. The molecule has 0 amide bonds. The third kappa shape index (κ3) is 4.77. The van der Waals surface area contributed by atoms with E-state index in [4.69, 9.17) is 19.4 Å². The summed E-state index contributed by atoms with van der Waals surface area (Å²) in [6.45, 7) is 21.3. The molecule has 3 saturated carbocycles. The molecule has 0 radical (unpaired) electrons. The van der Waals surface area contributed by atoms with Crippen LogP contribution in [0.4, 0.5) is 5.95 Å². The lowest BCUT2D eigenvalue weighted by molar-refractivity contribution is -0.184. The van der Waals surface area contributed by atoms with Gasteiger partial charge in [0.2, 0.25) is 5.95 Å². The minimum absolute atomic E-state index is 0.0317. The summed E-state index contributed by atoms with van der Waals surface area (Å²) in [5.41, 5.74) is 5.21. The monoisotopic (exact) mass is 665 g/mol. The van der Waals surface area contributed by atoms with Gasteiger partial charge in [-0.1, -0.05) is 90.4 Å². The molecule has 0 unspecified atom stereocenters. The molecule has 8 rings (SSSR count). The van der Waals surface area contributed by atoms with Crippen molar-refractivity contribution < 1.29 is 14.3 Å². The van der Waals surface area contributed by atoms with Crippen molar-refractivity contribution in [3.05, 3.63) is 65.0 Å². The quantitative estimate of drug-likeness (QED) is 0.241. The zero-order chi connectivity index (χ0) is 34.4. The number of aromatic nitrogens is 2. The third-order valence-electron chi connectivity index (χ3n) is 16.1. The van der Waals surface area contributed by atoms with Gasteiger partial charge in [-0.3, -0.25) is 4.79 Å². The van der Waals surface area contributed by atoms with Crippen molar-refractivity contribution in [3.8, 4) is 0 Å². The molecule has 4 fully saturated rings. The summed E-state index contributed by atoms with van der Waals surface area (Å²) in [6.07, 6.45) is 13.5. The first kappa shape index (κ1) is 33.4. The zero-order valence-electron chi connectivity index (χ0n) is 31.2. The number of carbonyl (C=O) groups excluding carboxylic acids is 1. The van der Waals surface area contributed by atoms with Crippen molar-refractivity contribution in [1.29, 1.82) is 0 Å². The van der Waals surface area contributed by atoms with Gasteiger partial charge in [-0.25, -0.2) is 9.97 Å². The van der Waals surface area contributed by atoms with Crippen LogP contribution in [-0.2, 0) is 32.7 Å². The molecule has 1 aromatic carbocycles. The Bertz CT molecular complexity index is 1630. The van der Waals surface area contributed by atoms with Gasteiger partial charge in [-0.05, 0) is 108 Å². The van der Waals surface area contributed by atoms with Crippen LogP contribution >= 0.6 is 0 Å². The van der Waals surface area contributed by atoms with Crippen molar-refractivity contribution >= 4 is 11.9 Å². The fraction of sp³-hybridized carbons (Fsp3) is 0.698. The SMILES string of the molecule is C[C@H]1[C@H](C)CC[C@]2(C(=O)OCc3ccccc3)CC[C@]3(C)C(=CC[C@@H]4[C@@]5(C)Cc6cnc(N7CCOCC7)nc6C(C)(C)[C@@H]5CC[C@]43C)[C@H]12. The highest BCUT2D eigenvalue weighted by Crippen LogP contribution is 2.75. The molecule has 49 heavy (non-hydrogen) atoms. The molecule has 0 N–H and O–H groups in total. The average molecular weight is 666 g/mol. The Hall–Kier alpha value is -2.73. The molecule has 2 heterocycles. The largest absolute Gasteiger partial charge is 0.460 e. The van der Waals surface area contributed by atoms with E-state index in [0.717, 1.165) is 76.3 Å². The van der Waals surface area contributed by atoms with Crippen molar-refractivity contribution in [2.24, 2.45) is 51.2 Å². The average Bonchev–Trinajstić information content (AvgIpc) is 3.09. The summed E-state index contributed by atoms with van der Waals surface area (Å²) in [5, 5.41) is 0. The number of hydrogen-bond donors (Lipinski definition) is 0. The predicted octanol–water partition coefficient (Wildman–Crippen LogP) is 8.73. The van der Waals surface area contributed by atoms with Gasteiger partial charge in [0.1, 0.15) is 6.61 Å². The summed E-state index contributed by atoms with van der Waals surface area (Å²) in [4.78, 5) is 27.0. The highest BCUT2D eigenvalue weighted by Gasteiger charge is 2.69. The maximum atomic E-state index is 14.4. The summed E-state index contributed by atoms with van der Waals surface area (Å²) in [6, 6.07) is 10.2. The Morgan fingerprint density at radius 1 is 0.959 bits per heavy atom. The maximum Gasteiger partial charge on any atom is 0.313 e. The Morgan fingerprint density at radius 2 is 1.71 bits per heavy atom. The van der Waals surface area contributed by atoms with Gasteiger partial charge >= 0.3 is 5.97 Å². The molecular formula is C43H59N3O3. The molecule has 5 aliphatic carbocycles. The number of benzene rings is 1. The van der Waals surface area contributed by atoms with Crippen LogP contribution < -0.4 is 4.90 Å². The molecular weight excluding hydrogens is 606 g/mol. The van der Waals surface area contributed by atoms with Gasteiger partial charge in [0, 0.05) is 24.7 Å². The Morgan fingerprint density at radius 3 is 2.47 bits per heavy atom. The summed E-state index contributed by atoms with van der Waals surface area (Å²) in [5.74, 6) is 3.34. The first-order chi connectivity index (χ1) is 23.3. The van der Waals surface area contributed by atoms with Gasteiger partial charge in [-0.15, -0.1) is 0 Å². The highest BCUT2D eigenvalue weighted by atomic mass is 16.5. The lowest BCUT2D eigenvalue weighted by Crippen LogP contribution is -2.65. The number of fused-ring (bicyclic) bond motifs is 8. The first-order valence-corrected chi connectivity index (χ1v) is 19.5. The Labute approximate surface area is 294 Å². The number of nitrogens with zero attached hydrogens (tertiary/aromatic N) is 3. The van der Waals surface area contributed by atoms with Crippen LogP contribution in [0.15, 0.2) is 48.2 Å². The molecule has 6 aliphatic rings. The van der Waals surface area contributed by atoms with E-state index in [1.807, 2.05) is 18.2 Å². The topological polar surface area (TPSA) is 64.5 Å². The van der Waals surface area contributed by atoms with Crippen molar-refractivity contribution in [1.82, 2.24) is 9.97 Å². The Kier molecular flexibility index (Phi) is 7.94. The van der Waals surface area contributed by atoms with Crippen LogP contribution in [0.3, 0.4) is 0 Å². The van der Waals surface area contributed by atoms with Crippen LogP contribution in [0.2, 0.25) is 0 Å². The fourth-order valence-electron chi connectivity index (χ4n) is 13.1. The molecule has 2 aromatic rings. The molecule has 0 bridgehead atoms. The number of rotatable bonds is 4. The van der Waals surface area contributed by atoms with E-state index in [1.54, 1.807) is 5.57 Å². The van der Waals surface area contributed by atoms with Gasteiger partial charge in [-0.2, -0.15) is 0 Å². The molecule has 264 valence electrons. The second-order valence-electron chi connectivity index (χ2n) is 18.4. The van der Waals surface area contributed by atoms with Crippen LogP contribution in [0.5, 0.6) is 0 Å². The summed E-state index contributed by atoms with van der Waals surface area (Å²) >= 11 is 0. The lowest BCUT2D eigenvalue weighted by Gasteiger charge is -2.70. The number of hydrogen-bond acceptors (Lipinski definition) is 6. The number of anilines is 1. The lowest BCUT2D eigenvalue weighted by atomic mass is 9.33. The number of carbonyl (C=O) groups is 1. The van der Waals surface area contributed by atoms with Crippen LogP contribution in [0, 0.1) is 51.2 Å². The molecule has 9 atom stereocenters. The van der Waals surface area contributed by atoms with E-state index in [1.165, 1.54) is 24.1 Å². The van der Waals surface area contributed by atoms with E-state index in [2.05, 4.69) is 77.8 Å². The van der Waals surface area contributed by atoms with Crippen LogP contribution in [-0.4, -0.2) is 42.2 Å². The molecule has 1 saturated heterocycles. The molecule has 0 spiro atoms. The predicted molar refractivity (Wildman–Crippen MR) is 194 cm³/mol. The summed E-state index contributed by atoms with van der Waals surface area (Å²) < 4.78 is 11.9. The molecule has 1 aliphatic heterocycles. The second kappa shape index (κ2) is 11.6.